The van der Waals surface area contributed by atoms with Gasteiger partial charge in [0.1, 0.15) is 10.4 Å². The van der Waals surface area contributed by atoms with Crippen molar-refractivity contribution < 1.29 is 9.90 Å². The van der Waals surface area contributed by atoms with Gasteiger partial charge in [0.15, 0.2) is 5.69 Å². The number of halogens is 1. The average molecular weight is 289 g/mol. The van der Waals surface area contributed by atoms with Gasteiger partial charge in [-0.1, -0.05) is 19.8 Å². The van der Waals surface area contributed by atoms with Crippen molar-refractivity contribution in [1.29, 1.82) is 0 Å². The number of aromatic nitrogens is 2. The summed E-state index contributed by atoms with van der Waals surface area (Å²) < 4.78 is 2.20. The molecule has 16 heavy (non-hydrogen) atoms. The first kappa shape index (κ1) is 13.2. The molecule has 0 amide bonds. The molecule has 1 rings (SSSR count). The molecule has 0 saturated carbocycles. The van der Waals surface area contributed by atoms with Gasteiger partial charge in [0.2, 0.25) is 0 Å². The number of aryl methyl sites for hydroxylation is 1. The second-order valence-corrected chi connectivity index (χ2v) is 4.43. The minimum Gasteiger partial charge on any atom is -0.476 e. The van der Waals surface area contributed by atoms with Crippen LogP contribution in [0.1, 0.15) is 49.4 Å². The van der Waals surface area contributed by atoms with Crippen LogP contribution >= 0.6 is 15.9 Å². The van der Waals surface area contributed by atoms with Gasteiger partial charge in [0.05, 0.1) is 0 Å². The third-order valence-corrected chi connectivity index (χ3v) is 3.08. The summed E-state index contributed by atoms with van der Waals surface area (Å²) >= 11 is 3.21. The lowest BCUT2D eigenvalue weighted by Crippen LogP contribution is -2.10. The highest BCUT2D eigenvalue weighted by molar-refractivity contribution is 9.10. The van der Waals surface area contributed by atoms with Crippen molar-refractivity contribution in [3.8, 4) is 0 Å². The van der Waals surface area contributed by atoms with Gasteiger partial charge in [0, 0.05) is 13.0 Å². The lowest BCUT2D eigenvalue weighted by atomic mass is 10.2. The Kier molecular flexibility index (Phi) is 4.99. The van der Waals surface area contributed by atoms with Crippen molar-refractivity contribution in [3.05, 3.63) is 16.1 Å². The zero-order chi connectivity index (χ0) is 12.1. The molecule has 0 aliphatic carbocycles. The summed E-state index contributed by atoms with van der Waals surface area (Å²) in [5.74, 6) is -0.0665. The second kappa shape index (κ2) is 6.03. The molecule has 1 aromatic rings. The lowest BCUT2D eigenvalue weighted by Gasteiger charge is -2.06. The van der Waals surface area contributed by atoms with Gasteiger partial charge in [-0.15, -0.1) is 0 Å². The standard InChI is InChI=1S/C11H17BrN2O2/c1-3-5-6-7-8-13-10(12)9(11(15)16)14(8)4-2/h3-7H2,1-2H3,(H,15,16). The number of nitrogens with zero attached hydrogens (tertiary/aromatic N) is 2. The molecule has 5 heteroatoms. The molecule has 0 atom stereocenters. The largest absolute Gasteiger partial charge is 0.476 e. The van der Waals surface area contributed by atoms with Gasteiger partial charge < -0.3 is 9.67 Å². The zero-order valence-corrected chi connectivity index (χ0v) is 11.2. The normalized spacial score (nSPS) is 10.7. The van der Waals surface area contributed by atoms with Gasteiger partial charge >= 0.3 is 5.97 Å². The Hall–Kier alpha value is -0.840. The summed E-state index contributed by atoms with van der Waals surface area (Å²) in [4.78, 5) is 15.3. The van der Waals surface area contributed by atoms with E-state index in [0.717, 1.165) is 31.5 Å². The number of hydrogen-bond donors (Lipinski definition) is 1. The number of carboxylic acids is 1. The molecule has 0 saturated heterocycles. The smallest absolute Gasteiger partial charge is 0.355 e. The van der Waals surface area contributed by atoms with E-state index in [1.807, 2.05) is 6.92 Å². The van der Waals surface area contributed by atoms with E-state index in [9.17, 15) is 4.79 Å². The van der Waals surface area contributed by atoms with E-state index < -0.39 is 5.97 Å². The third-order valence-electron chi connectivity index (χ3n) is 2.53. The molecule has 0 unspecified atom stereocenters. The Morgan fingerprint density at radius 1 is 1.44 bits per heavy atom. The number of unbranched alkanes of at least 4 members (excludes halogenated alkanes) is 2. The summed E-state index contributed by atoms with van der Waals surface area (Å²) in [5.41, 5.74) is 0.258. The number of hydrogen-bond acceptors (Lipinski definition) is 2. The van der Waals surface area contributed by atoms with Crippen LogP contribution < -0.4 is 0 Å². The number of carbonyl (C=O) groups is 1. The summed E-state index contributed by atoms with van der Waals surface area (Å²) in [6.07, 6.45) is 4.20. The van der Waals surface area contributed by atoms with E-state index >= 15 is 0 Å². The molecule has 0 aliphatic rings. The van der Waals surface area contributed by atoms with Crippen molar-refractivity contribution in [2.75, 3.05) is 0 Å². The highest BCUT2D eigenvalue weighted by Crippen LogP contribution is 2.19. The van der Waals surface area contributed by atoms with Crippen molar-refractivity contribution in [3.63, 3.8) is 0 Å². The highest BCUT2D eigenvalue weighted by atomic mass is 79.9. The summed E-state index contributed by atoms with van der Waals surface area (Å²) in [7, 11) is 0. The molecule has 0 aliphatic heterocycles. The van der Waals surface area contributed by atoms with Crippen LogP contribution in [0.4, 0.5) is 0 Å². The molecule has 1 N–H and O–H groups in total. The number of aromatic carboxylic acids is 1. The van der Waals surface area contributed by atoms with Crippen LogP contribution in [0.25, 0.3) is 0 Å². The van der Waals surface area contributed by atoms with E-state index in [1.54, 1.807) is 4.57 Å². The fraction of sp³-hybridized carbons (Fsp3) is 0.636. The molecule has 0 fully saturated rings. The molecule has 0 bridgehead atoms. The predicted octanol–water partition coefficient (Wildman–Crippen LogP) is 3.10. The number of carboxylic acid groups (broad SMARTS) is 1. The zero-order valence-electron chi connectivity index (χ0n) is 9.66. The monoisotopic (exact) mass is 288 g/mol. The maximum atomic E-state index is 11.1. The second-order valence-electron chi connectivity index (χ2n) is 3.67. The van der Waals surface area contributed by atoms with Crippen LogP contribution in [-0.4, -0.2) is 20.6 Å². The molecular weight excluding hydrogens is 272 g/mol. The number of rotatable bonds is 6. The molecule has 0 spiro atoms. The van der Waals surface area contributed by atoms with E-state index in [0.29, 0.717) is 11.1 Å². The van der Waals surface area contributed by atoms with Gasteiger partial charge in [0.25, 0.3) is 0 Å². The van der Waals surface area contributed by atoms with E-state index in [2.05, 4.69) is 27.8 Å². The first-order valence-electron chi connectivity index (χ1n) is 5.60. The Bertz CT molecular complexity index is 374. The Balaban J connectivity index is 2.92. The van der Waals surface area contributed by atoms with Gasteiger partial charge in [-0.2, -0.15) is 0 Å². The average Bonchev–Trinajstić information content (AvgIpc) is 2.55. The van der Waals surface area contributed by atoms with Gasteiger partial charge in [-0.3, -0.25) is 0 Å². The van der Waals surface area contributed by atoms with Crippen LogP contribution in [0.5, 0.6) is 0 Å². The first-order valence-corrected chi connectivity index (χ1v) is 6.39. The van der Waals surface area contributed by atoms with Crippen molar-refractivity contribution in [2.24, 2.45) is 0 Å². The van der Waals surface area contributed by atoms with Gasteiger partial charge in [-0.05, 0) is 29.3 Å². The quantitative estimate of drug-likeness (QED) is 0.819. The summed E-state index contributed by atoms with van der Waals surface area (Å²) in [5, 5.41) is 9.07. The fourth-order valence-corrected chi connectivity index (χ4v) is 2.32. The Labute approximate surface area is 104 Å². The minimum atomic E-state index is -0.928. The van der Waals surface area contributed by atoms with Gasteiger partial charge in [-0.25, -0.2) is 9.78 Å². The third kappa shape index (κ3) is 2.84. The topological polar surface area (TPSA) is 55.1 Å². The minimum absolute atomic E-state index is 0.258. The number of imidazole rings is 1. The fourth-order valence-electron chi connectivity index (χ4n) is 1.74. The molecule has 1 heterocycles. The summed E-state index contributed by atoms with van der Waals surface area (Å²) in [6, 6.07) is 0. The van der Waals surface area contributed by atoms with Crippen molar-refractivity contribution in [1.82, 2.24) is 9.55 Å². The maximum absolute atomic E-state index is 11.1. The van der Waals surface area contributed by atoms with E-state index in [1.165, 1.54) is 0 Å². The van der Waals surface area contributed by atoms with E-state index in [4.69, 9.17) is 5.11 Å². The van der Waals surface area contributed by atoms with Crippen LogP contribution in [0.15, 0.2) is 4.60 Å². The Morgan fingerprint density at radius 2 is 2.12 bits per heavy atom. The Morgan fingerprint density at radius 3 is 2.62 bits per heavy atom. The lowest BCUT2D eigenvalue weighted by molar-refractivity contribution is 0.0683. The highest BCUT2D eigenvalue weighted by Gasteiger charge is 2.19. The van der Waals surface area contributed by atoms with Crippen LogP contribution in [0.2, 0.25) is 0 Å². The van der Waals surface area contributed by atoms with Crippen molar-refractivity contribution >= 4 is 21.9 Å². The van der Waals surface area contributed by atoms with E-state index in [-0.39, 0.29) is 5.69 Å². The van der Waals surface area contributed by atoms with Crippen molar-refractivity contribution in [2.45, 2.75) is 46.1 Å². The molecule has 0 aromatic carbocycles. The first-order chi connectivity index (χ1) is 7.61. The SMILES string of the molecule is CCCCCc1nc(Br)c(C(=O)O)n1CC. The summed E-state index contributed by atoms with van der Waals surface area (Å²) in [6.45, 7) is 4.72. The molecular formula is C11H17BrN2O2. The molecule has 4 nitrogen and oxygen atoms in total. The van der Waals surface area contributed by atoms with Crippen LogP contribution in [0.3, 0.4) is 0 Å². The van der Waals surface area contributed by atoms with Crippen LogP contribution in [-0.2, 0) is 13.0 Å². The molecule has 0 radical (unpaired) electrons. The predicted molar refractivity (Wildman–Crippen MR) is 65.8 cm³/mol. The van der Waals surface area contributed by atoms with Crippen LogP contribution in [0, 0.1) is 0 Å². The molecule has 1 aromatic heterocycles. The molecule has 90 valence electrons. The maximum Gasteiger partial charge on any atom is 0.355 e.